The summed E-state index contributed by atoms with van der Waals surface area (Å²) >= 11 is 6.97. The fourth-order valence-electron chi connectivity index (χ4n) is 1.02. The maximum atomic E-state index is 11.7. The Kier molecular flexibility index (Phi) is 5.01. The van der Waals surface area contributed by atoms with Crippen molar-refractivity contribution in [1.82, 2.24) is 4.72 Å². The highest BCUT2D eigenvalue weighted by molar-refractivity contribution is 7.89. The number of ether oxygens (including phenoxy) is 1. The molecule has 0 aromatic carbocycles. The van der Waals surface area contributed by atoms with Crippen molar-refractivity contribution in [2.24, 2.45) is 0 Å². The zero-order valence-electron chi connectivity index (χ0n) is 8.20. The summed E-state index contributed by atoms with van der Waals surface area (Å²) in [6, 6.07) is 1.55. The van der Waals surface area contributed by atoms with E-state index in [9.17, 15) is 8.42 Å². The monoisotopic (exact) mass is 269 g/mol. The van der Waals surface area contributed by atoms with Crippen LogP contribution < -0.4 is 4.72 Å². The summed E-state index contributed by atoms with van der Waals surface area (Å²) in [6.07, 6.45) is 0. The fraction of sp³-hybridized carbons (Fsp3) is 0.500. The molecule has 1 aromatic rings. The zero-order chi connectivity index (χ0) is 11.3. The van der Waals surface area contributed by atoms with Gasteiger partial charge in [-0.2, -0.15) is 0 Å². The van der Waals surface area contributed by atoms with Gasteiger partial charge in [-0.1, -0.05) is 0 Å². The minimum Gasteiger partial charge on any atom is -0.383 e. The molecule has 0 radical (unpaired) electrons. The lowest BCUT2D eigenvalue weighted by Crippen LogP contribution is -2.27. The second-order valence-electron chi connectivity index (χ2n) is 2.73. The molecule has 86 valence electrons. The second-order valence-corrected chi connectivity index (χ2v) is 5.74. The molecule has 0 spiro atoms. The van der Waals surface area contributed by atoms with Crippen LogP contribution in [0.4, 0.5) is 0 Å². The molecule has 7 heteroatoms. The molecule has 0 saturated heterocycles. The molecule has 1 N–H and O–H groups in total. The quantitative estimate of drug-likeness (QED) is 0.628. The highest BCUT2D eigenvalue weighted by Gasteiger charge is 2.18. The maximum Gasteiger partial charge on any atom is 0.241 e. The summed E-state index contributed by atoms with van der Waals surface area (Å²) in [5.74, 6) is 0.207. The first kappa shape index (κ1) is 12.9. The molecule has 15 heavy (non-hydrogen) atoms. The van der Waals surface area contributed by atoms with Gasteiger partial charge < -0.3 is 4.74 Å². The van der Waals surface area contributed by atoms with Gasteiger partial charge in [0.15, 0.2) is 0 Å². The average Bonchev–Trinajstić information content (AvgIpc) is 2.66. The SMILES string of the molecule is COCCNS(=O)(=O)c1ccsc1CCl. The number of sulfonamides is 1. The molecule has 1 heterocycles. The van der Waals surface area contributed by atoms with E-state index in [1.165, 1.54) is 18.4 Å². The van der Waals surface area contributed by atoms with Gasteiger partial charge in [-0.05, 0) is 11.4 Å². The number of thiophene rings is 1. The first-order valence-electron chi connectivity index (χ1n) is 4.22. The van der Waals surface area contributed by atoms with Gasteiger partial charge in [0.2, 0.25) is 10.0 Å². The lowest BCUT2D eigenvalue weighted by molar-refractivity contribution is 0.204. The molecule has 0 bridgehead atoms. The van der Waals surface area contributed by atoms with Crippen molar-refractivity contribution in [3.63, 3.8) is 0 Å². The van der Waals surface area contributed by atoms with Crippen molar-refractivity contribution in [2.45, 2.75) is 10.8 Å². The second kappa shape index (κ2) is 5.81. The number of hydrogen-bond acceptors (Lipinski definition) is 4. The normalized spacial score (nSPS) is 11.9. The van der Waals surface area contributed by atoms with Crippen molar-refractivity contribution in [2.75, 3.05) is 20.3 Å². The van der Waals surface area contributed by atoms with Crippen LogP contribution in [0.3, 0.4) is 0 Å². The number of methoxy groups -OCH3 is 1. The number of hydrogen-bond donors (Lipinski definition) is 1. The third kappa shape index (κ3) is 3.42. The molecule has 0 unspecified atom stereocenters. The van der Waals surface area contributed by atoms with Crippen LogP contribution in [0.15, 0.2) is 16.3 Å². The van der Waals surface area contributed by atoms with Gasteiger partial charge >= 0.3 is 0 Å². The Morgan fingerprint density at radius 1 is 1.60 bits per heavy atom. The van der Waals surface area contributed by atoms with Crippen molar-refractivity contribution in [3.05, 3.63) is 16.3 Å². The molecule has 4 nitrogen and oxygen atoms in total. The Bertz CT molecular complexity index is 402. The van der Waals surface area contributed by atoms with E-state index >= 15 is 0 Å². The van der Waals surface area contributed by atoms with Gasteiger partial charge in [-0.15, -0.1) is 22.9 Å². The molecule has 0 amide bonds. The summed E-state index contributed by atoms with van der Waals surface area (Å²) in [5, 5.41) is 1.71. The molecular formula is C8H12ClNO3S2. The minimum absolute atomic E-state index is 0.207. The Morgan fingerprint density at radius 3 is 2.93 bits per heavy atom. The van der Waals surface area contributed by atoms with E-state index in [0.29, 0.717) is 11.5 Å². The molecule has 0 aliphatic rings. The number of rotatable bonds is 6. The van der Waals surface area contributed by atoms with E-state index in [1.54, 1.807) is 11.4 Å². The van der Waals surface area contributed by atoms with Crippen LogP contribution in [-0.4, -0.2) is 28.7 Å². The van der Waals surface area contributed by atoms with Crippen LogP contribution in [0.25, 0.3) is 0 Å². The number of halogens is 1. The molecule has 1 aromatic heterocycles. The molecular weight excluding hydrogens is 258 g/mol. The summed E-state index contributed by atoms with van der Waals surface area (Å²) in [4.78, 5) is 0.917. The molecule has 0 aliphatic heterocycles. The van der Waals surface area contributed by atoms with Gasteiger partial charge in [0.1, 0.15) is 0 Å². The Labute approximate surface area is 98.3 Å². The van der Waals surface area contributed by atoms with E-state index in [0.717, 1.165) is 0 Å². The summed E-state index contributed by atoms with van der Waals surface area (Å²) in [5.41, 5.74) is 0. The molecule has 0 saturated carbocycles. The number of alkyl halides is 1. The van der Waals surface area contributed by atoms with Crippen LogP contribution in [0.2, 0.25) is 0 Å². The predicted molar refractivity (Wildman–Crippen MR) is 60.9 cm³/mol. The fourth-order valence-corrected chi connectivity index (χ4v) is 3.74. The van der Waals surface area contributed by atoms with E-state index in [2.05, 4.69) is 4.72 Å². The third-order valence-electron chi connectivity index (χ3n) is 1.71. The topological polar surface area (TPSA) is 55.4 Å². The third-order valence-corrected chi connectivity index (χ3v) is 4.74. The van der Waals surface area contributed by atoms with Gasteiger partial charge in [0.05, 0.1) is 17.4 Å². The first-order chi connectivity index (χ1) is 7.11. The van der Waals surface area contributed by atoms with Crippen molar-refractivity contribution >= 4 is 33.0 Å². The highest BCUT2D eigenvalue weighted by Crippen LogP contribution is 2.23. The van der Waals surface area contributed by atoms with Gasteiger partial charge in [0, 0.05) is 18.5 Å². The van der Waals surface area contributed by atoms with Crippen molar-refractivity contribution in [3.8, 4) is 0 Å². The zero-order valence-corrected chi connectivity index (χ0v) is 10.6. The highest BCUT2D eigenvalue weighted by atomic mass is 35.5. The Morgan fingerprint density at radius 2 is 2.33 bits per heavy atom. The standard InChI is InChI=1S/C8H12ClNO3S2/c1-13-4-3-10-15(11,12)8-2-5-14-7(8)6-9/h2,5,10H,3-4,6H2,1H3. The van der Waals surface area contributed by atoms with E-state index in [4.69, 9.17) is 16.3 Å². The van der Waals surface area contributed by atoms with Crippen molar-refractivity contribution in [1.29, 1.82) is 0 Å². The lowest BCUT2D eigenvalue weighted by atomic mass is 10.5. The maximum absolute atomic E-state index is 11.7. The van der Waals surface area contributed by atoms with Gasteiger partial charge in [0.25, 0.3) is 0 Å². The molecule has 0 aliphatic carbocycles. The molecule has 1 rings (SSSR count). The smallest absolute Gasteiger partial charge is 0.241 e. The largest absolute Gasteiger partial charge is 0.383 e. The molecule has 0 atom stereocenters. The average molecular weight is 270 g/mol. The van der Waals surface area contributed by atoms with E-state index < -0.39 is 10.0 Å². The van der Waals surface area contributed by atoms with Crippen LogP contribution in [0, 0.1) is 0 Å². The summed E-state index contributed by atoms with van der Waals surface area (Å²) in [6.45, 7) is 0.607. The predicted octanol–water partition coefficient (Wildman–Crippen LogP) is 1.41. The van der Waals surface area contributed by atoms with Crippen LogP contribution >= 0.6 is 22.9 Å². The van der Waals surface area contributed by atoms with Gasteiger partial charge in [-0.3, -0.25) is 0 Å². The number of nitrogens with one attached hydrogen (secondary N) is 1. The van der Waals surface area contributed by atoms with Crippen LogP contribution in [0.5, 0.6) is 0 Å². The minimum atomic E-state index is -3.44. The van der Waals surface area contributed by atoms with Crippen LogP contribution in [0.1, 0.15) is 4.88 Å². The molecule has 0 fully saturated rings. The van der Waals surface area contributed by atoms with Crippen molar-refractivity contribution < 1.29 is 13.2 Å². The van der Waals surface area contributed by atoms with E-state index in [1.807, 2.05) is 0 Å². The van der Waals surface area contributed by atoms with Gasteiger partial charge in [-0.25, -0.2) is 13.1 Å². The van der Waals surface area contributed by atoms with Crippen LogP contribution in [-0.2, 0) is 20.6 Å². The summed E-state index contributed by atoms with van der Waals surface area (Å²) in [7, 11) is -1.92. The van der Waals surface area contributed by atoms with E-state index in [-0.39, 0.29) is 17.3 Å². The first-order valence-corrected chi connectivity index (χ1v) is 7.12. The lowest BCUT2D eigenvalue weighted by Gasteiger charge is -2.05. The Balaban J connectivity index is 2.77. The summed E-state index contributed by atoms with van der Waals surface area (Å²) < 4.78 is 30.7. The Hall–Kier alpha value is -0.140.